The molecule has 0 unspecified atom stereocenters. The van der Waals surface area contributed by atoms with Crippen molar-refractivity contribution in [3.63, 3.8) is 0 Å². The van der Waals surface area contributed by atoms with E-state index in [1.54, 1.807) is 19.4 Å². The van der Waals surface area contributed by atoms with E-state index in [2.05, 4.69) is 4.98 Å². The lowest BCUT2D eigenvalue weighted by molar-refractivity contribution is -0.121. The number of pyridine rings is 1. The first-order valence-electron chi connectivity index (χ1n) is 8.17. The molecule has 0 saturated carbocycles. The molecule has 1 aromatic carbocycles. The fraction of sp³-hybridized carbons (Fsp3) is 0.316. The zero-order chi connectivity index (χ0) is 18.0. The molecule has 0 bridgehead atoms. The Hall–Kier alpha value is -2.73. The number of aromatic nitrogens is 1. The summed E-state index contributed by atoms with van der Waals surface area (Å²) in [5, 5.41) is 0. The van der Waals surface area contributed by atoms with Gasteiger partial charge in [-0.3, -0.25) is 14.6 Å². The zero-order valence-corrected chi connectivity index (χ0v) is 14.3. The second-order valence-corrected chi connectivity index (χ2v) is 6.16. The smallest absolute Gasteiger partial charge is 0.254 e. The average molecular weight is 339 g/mol. The van der Waals surface area contributed by atoms with Crippen molar-refractivity contribution in [2.75, 3.05) is 13.7 Å². The summed E-state index contributed by atoms with van der Waals surface area (Å²) in [6.45, 7) is 2.25. The molecule has 2 aromatic rings. The maximum Gasteiger partial charge on any atom is 0.254 e. The molecule has 0 radical (unpaired) electrons. The molecule has 1 aromatic heterocycles. The number of nitrogens with zero attached hydrogens (tertiary/aromatic N) is 2. The first kappa shape index (κ1) is 17.1. The molecule has 2 heterocycles. The minimum absolute atomic E-state index is 0.180. The van der Waals surface area contributed by atoms with Crippen molar-refractivity contribution in [1.82, 2.24) is 9.88 Å². The molecule has 2 amide bonds. The number of hydrogen-bond donors (Lipinski definition) is 1. The van der Waals surface area contributed by atoms with Gasteiger partial charge in [-0.05, 0) is 30.7 Å². The van der Waals surface area contributed by atoms with Crippen LogP contribution in [0.25, 0.3) is 11.3 Å². The van der Waals surface area contributed by atoms with Crippen LogP contribution in [0.2, 0.25) is 0 Å². The van der Waals surface area contributed by atoms with Gasteiger partial charge >= 0.3 is 0 Å². The van der Waals surface area contributed by atoms with Crippen LogP contribution in [0.15, 0.2) is 42.6 Å². The second kappa shape index (κ2) is 7.03. The zero-order valence-electron chi connectivity index (χ0n) is 14.3. The molecule has 6 nitrogen and oxygen atoms in total. The van der Waals surface area contributed by atoms with Crippen LogP contribution >= 0.6 is 0 Å². The van der Waals surface area contributed by atoms with Crippen LogP contribution in [0.5, 0.6) is 0 Å². The van der Waals surface area contributed by atoms with E-state index in [4.69, 9.17) is 10.5 Å². The SMILES string of the molecule is CO[C@H]1C[C@@H](C(N)=O)N(C(=O)c2cccc(-c3ccccn3)c2C)C1. The molecule has 1 aliphatic rings. The molecule has 1 aliphatic heterocycles. The fourth-order valence-electron chi connectivity index (χ4n) is 3.28. The number of methoxy groups -OCH3 is 1. The Morgan fingerprint density at radius 3 is 2.68 bits per heavy atom. The number of primary amides is 1. The van der Waals surface area contributed by atoms with Gasteiger partial charge in [-0.25, -0.2) is 0 Å². The highest BCUT2D eigenvalue weighted by Gasteiger charge is 2.39. The first-order valence-corrected chi connectivity index (χ1v) is 8.17. The summed E-state index contributed by atoms with van der Waals surface area (Å²) in [4.78, 5) is 30.7. The van der Waals surface area contributed by atoms with E-state index in [9.17, 15) is 9.59 Å². The largest absolute Gasteiger partial charge is 0.380 e. The molecule has 0 aliphatic carbocycles. The molecule has 130 valence electrons. The fourth-order valence-corrected chi connectivity index (χ4v) is 3.28. The summed E-state index contributed by atoms with van der Waals surface area (Å²) in [7, 11) is 1.57. The standard InChI is InChI=1S/C19H21N3O3/c1-12-14(16-8-3-4-9-21-16)6-5-7-15(12)19(24)22-11-13(25-2)10-17(22)18(20)23/h3-9,13,17H,10-11H2,1-2H3,(H2,20,23)/t13-,17-/m0/s1. The molecule has 2 N–H and O–H groups in total. The van der Waals surface area contributed by atoms with Gasteiger partial charge in [0.2, 0.25) is 5.91 Å². The highest BCUT2D eigenvalue weighted by Crippen LogP contribution is 2.28. The van der Waals surface area contributed by atoms with Crippen LogP contribution in [0.3, 0.4) is 0 Å². The Morgan fingerprint density at radius 1 is 1.24 bits per heavy atom. The topological polar surface area (TPSA) is 85.5 Å². The molecule has 2 atom stereocenters. The third-order valence-electron chi connectivity index (χ3n) is 4.69. The van der Waals surface area contributed by atoms with E-state index < -0.39 is 11.9 Å². The van der Waals surface area contributed by atoms with Crippen molar-refractivity contribution in [2.45, 2.75) is 25.5 Å². The number of likely N-dealkylation sites (tertiary alicyclic amines) is 1. The van der Waals surface area contributed by atoms with E-state index in [0.717, 1.165) is 16.8 Å². The number of nitrogens with two attached hydrogens (primary N) is 1. The Morgan fingerprint density at radius 2 is 2.04 bits per heavy atom. The number of benzene rings is 1. The summed E-state index contributed by atoms with van der Waals surface area (Å²) in [6.07, 6.45) is 1.97. The molecule has 6 heteroatoms. The highest BCUT2D eigenvalue weighted by atomic mass is 16.5. The first-order chi connectivity index (χ1) is 12.0. The van der Waals surface area contributed by atoms with E-state index in [-0.39, 0.29) is 12.0 Å². The Labute approximate surface area is 146 Å². The van der Waals surface area contributed by atoms with Crippen molar-refractivity contribution in [1.29, 1.82) is 0 Å². The van der Waals surface area contributed by atoms with Gasteiger partial charge in [0.05, 0.1) is 11.8 Å². The van der Waals surface area contributed by atoms with Crippen LogP contribution in [-0.2, 0) is 9.53 Å². The van der Waals surface area contributed by atoms with Crippen LogP contribution in [0.1, 0.15) is 22.3 Å². The van der Waals surface area contributed by atoms with Crippen molar-refractivity contribution < 1.29 is 14.3 Å². The third kappa shape index (κ3) is 3.25. The Kier molecular flexibility index (Phi) is 4.81. The van der Waals surface area contributed by atoms with Gasteiger partial charge in [0, 0.05) is 37.4 Å². The van der Waals surface area contributed by atoms with Crippen molar-refractivity contribution in [3.05, 3.63) is 53.7 Å². The van der Waals surface area contributed by atoms with Gasteiger partial charge in [0.15, 0.2) is 0 Å². The highest BCUT2D eigenvalue weighted by molar-refractivity contribution is 6.00. The Bertz CT molecular complexity index is 792. The summed E-state index contributed by atoms with van der Waals surface area (Å²) < 4.78 is 5.32. The maximum atomic E-state index is 13.1. The van der Waals surface area contributed by atoms with E-state index >= 15 is 0 Å². The summed E-state index contributed by atoms with van der Waals surface area (Å²) in [6, 6.07) is 10.5. The number of hydrogen-bond acceptors (Lipinski definition) is 4. The molecule has 1 fully saturated rings. The van der Waals surface area contributed by atoms with Crippen LogP contribution in [0, 0.1) is 6.92 Å². The predicted molar refractivity (Wildman–Crippen MR) is 93.8 cm³/mol. The summed E-state index contributed by atoms with van der Waals surface area (Å²) in [5.74, 6) is -0.718. The number of carbonyl (C=O) groups is 2. The average Bonchev–Trinajstić information content (AvgIpc) is 3.07. The number of rotatable bonds is 4. The van der Waals surface area contributed by atoms with E-state index in [1.165, 1.54) is 4.90 Å². The van der Waals surface area contributed by atoms with Crippen LogP contribution in [0.4, 0.5) is 0 Å². The lowest BCUT2D eigenvalue weighted by Crippen LogP contribution is -2.44. The monoisotopic (exact) mass is 339 g/mol. The molecule has 0 spiro atoms. The normalized spacial score (nSPS) is 19.8. The minimum atomic E-state index is -0.643. The molecule has 25 heavy (non-hydrogen) atoms. The second-order valence-electron chi connectivity index (χ2n) is 6.16. The predicted octanol–water partition coefficient (Wildman–Crippen LogP) is 1.77. The van der Waals surface area contributed by atoms with Crippen molar-refractivity contribution in [2.24, 2.45) is 5.73 Å². The van der Waals surface area contributed by atoms with Gasteiger partial charge in [0.25, 0.3) is 5.91 Å². The minimum Gasteiger partial charge on any atom is -0.380 e. The van der Waals surface area contributed by atoms with Gasteiger partial charge < -0.3 is 15.4 Å². The molecular weight excluding hydrogens is 318 g/mol. The van der Waals surface area contributed by atoms with E-state index in [1.807, 2.05) is 37.3 Å². The number of ether oxygens (including phenoxy) is 1. The number of amides is 2. The summed E-state index contributed by atoms with van der Waals surface area (Å²) >= 11 is 0. The van der Waals surface area contributed by atoms with Gasteiger partial charge in [-0.2, -0.15) is 0 Å². The lowest BCUT2D eigenvalue weighted by atomic mass is 9.98. The van der Waals surface area contributed by atoms with Crippen LogP contribution in [-0.4, -0.2) is 47.5 Å². The molecule has 3 rings (SSSR count). The van der Waals surface area contributed by atoms with Gasteiger partial charge in [-0.1, -0.05) is 18.2 Å². The third-order valence-corrected chi connectivity index (χ3v) is 4.69. The molecular formula is C19H21N3O3. The Balaban J connectivity index is 1.96. The van der Waals surface area contributed by atoms with E-state index in [0.29, 0.717) is 18.5 Å². The quantitative estimate of drug-likeness (QED) is 0.920. The maximum absolute atomic E-state index is 13.1. The summed E-state index contributed by atoms with van der Waals surface area (Å²) in [5.41, 5.74) is 8.55. The number of carbonyl (C=O) groups excluding carboxylic acids is 2. The van der Waals surface area contributed by atoms with Crippen LogP contribution < -0.4 is 5.73 Å². The van der Waals surface area contributed by atoms with Gasteiger partial charge in [-0.15, -0.1) is 0 Å². The lowest BCUT2D eigenvalue weighted by Gasteiger charge is -2.23. The molecule has 1 saturated heterocycles. The van der Waals surface area contributed by atoms with Crippen molar-refractivity contribution >= 4 is 11.8 Å². The van der Waals surface area contributed by atoms with Gasteiger partial charge in [0.1, 0.15) is 6.04 Å². The van der Waals surface area contributed by atoms with Crippen molar-refractivity contribution in [3.8, 4) is 11.3 Å².